The number of hydrogen-bond donors (Lipinski definition) is 3. The summed E-state index contributed by atoms with van der Waals surface area (Å²) in [5.41, 5.74) is 0.693. The van der Waals surface area contributed by atoms with Crippen molar-refractivity contribution in [2.75, 3.05) is 6.54 Å². The first-order valence-electron chi connectivity index (χ1n) is 5.63. The molecule has 0 bridgehead atoms. The molecular weight excluding hydrogens is 240 g/mol. The number of nitrogens with one attached hydrogen (secondary N) is 2. The molecule has 1 fully saturated rings. The summed E-state index contributed by atoms with van der Waals surface area (Å²) in [6.45, 7) is 1.19. The number of aromatic hydroxyl groups is 1. The summed E-state index contributed by atoms with van der Waals surface area (Å²) >= 11 is 5.98. The maximum absolute atomic E-state index is 11.0. The second kappa shape index (κ2) is 5.38. The predicted molar refractivity (Wildman–Crippen MR) is 66.0 cm³/mol. The van der Waals surface area contributed by atoms with Crippen molar-refractivity contribution in [2.24, 2.45) is 0 Å². The van der Waals surface area contributed by atoms with E-state index in [0.29, 0.717) is 30.1 Å². The van der Waals surface area contributed by atoms with E-state index in [1.165, 1.54) is 0 Å². The number of carbonyl (C=O) groups is 1. The molecule has 1 atom stereocenters. The van der Waals surface area contributed by atoms with Crippen molar-refractivity contribution in [3.8, 4) is 5.75 Å². The second-order valence-electron chi connectivity index (χ2n) is 4.17. The third-order valence-electron chi connectivity index (χ3n) is 2.87. The molecule has 0 aliphatic carbocycles. The van der Waals surface area contributed by atoms with E-state index in [2.05, 4.69) is 10.6 Å². The van der Waals surface area contributed by atoms with Crippen molar-refractivity contribution in [2.45, 2.75) is 25.4 Å². The largest absolute Gasteiger partial charge is 0.508 e. The monoisotopic (exact) mass is 254 g/mol. The van der Waals surface area contributed by atoms with E-state index < -0.39 is 0 Å². The van der Waals surface area contributed by atoms with Gasteiger partial charge < -0.3 is 15.7 Å². The Labute approximate surface area is 105 Å². The Balaban J connectivity index is 1.84. The zero-order chi connectivity index (χ0) is 12.3. The van der Waals surface area contributed by atoms with Crippen LogP contribution in [-0.4, -0.2) is 23.6 Å². The van der Waals surface area contributed by atoms with Crippen LogP contribution in [-0.2, 0) is 11.3 Å². The van der Waals surface area contributed by atoms with Crippen LogP contribution in [0.15, 0.2) is 18.2 Å². The lowest BCUT2D eigenvalue weighted by Crippen LogP contribution is -2.35. The summed E-state index contributed by atoms with van der Waals surface area (Å²) in [5, 5.41) is 16.2. The van der Waals surface area contributed by atoms with Gasteiger partial charge in [0, 0.05) is 36.1 Å². The highest BCUT2D eigenvalue weighted by Gasteiger charge is 2.20. The van der Waals surface area contributed by atoms with Crippen molar-refractivity contribution in [3.05, 3.63) is 28.8 Å². The molecule has 1 saturated heterocycles. The molecule has 1 aromatic rings. The van der Waals surface area contributed by atoms with Gasteiger partial charge in [0.2, 0.25) is 5.91 Å². The van der Waals surface area contributed by atoms with Gasteiger partial charge in [0.25, 0.3) is 0 Å². The summed E-state index contributed by atoms with van der Waals surface area (Å²) in [5.74, 6) is 0.304. The van der Waals surface area contributed by atoms with Crippen LogP contribution in [0.25, 0.3) is 0 Å². The van der Waals surface area contributed by atoms with Gasteiger partial charge in [-0.2, -0.15) is 0 Å². The molecule has 0 radical (unpaired) electrons. The minimum Gasteiger partial charge on any atom is -0.508 e. The highest BCUT2D eigenvalue weighted by atomic mass is 35.5. The van der Waals surface area contributed by atoms with E-state index in [0.717, 1.165) is 6.42 Å². The number of benzene rings is 1. The molecule has 2 rings (SSSR count). The highest BCUT2D eigenvalue weighted by Crippen LogP contribution is 2.24. The molecule has 0 aromatic heterocycles. The Hall–Kier alpha value is -1.26. The van der Waals surface area contributed by atoms with Gasteiger partial charge in [-0.3, -0.25) is 4.79 Å². The summed E-state index contributed by atoms with van der Waals surface area (Å²) in [6, 6.07) is 5.25. The van der Waals surface area contributed by atoms with Crippen LogP contribution < -0.4 is 10.6 Å². The van der Waals surface area contributed by atoms with Crippen molar-refractivity contribution in [3.63, 3.8) is 0 Å². The molecule has 1 amide bonds. The lowest BCUT2D eigenvalue weighted by atomic mass is 10.2. The summed E-state index contributed by atoms with van der Waals surface area (Å²) in [7, 11) is 0. The van der Waals surface area contributed by atoms with Crippen molar-refractivity contribution in [1.29, 1.82) is 0 Å². The van der Waals surface area contributed by atoms with Gasteiger partial charge in [-0.1, -0.05) is 17.7 Å². The smallest absolute Gasteiger partial charge is 0.220 e. The molecule has 5 heteroatoms. The zero-order valence-electron chi connectivity index (χ0n) is 9.37. The van der Waals surface area contributed by atoms with Gasteiger partial charge in [-0.15, -0.1) is 0 Å². The van der Waals surface area contributed by atoms with Gasteiger partial charge in [0.1, 0.15) is 5.75 Å². The van der Waals surface area contributed by atoms with Gasteiger partial charge in [-0.25, -0.2) is 0 Å². The summed E-state index contributed by atoms with van der Waals surface area (Å²) in [6.07, 6.45) is 1.46. The van der Waals surface area contributed by atoms with E-state index in [4.69, 9.17) is 11.6 Å². The number of phenolic OH excluding ortho intramolecular Hbond substituents is 1. The quantitative estimate of drug-likeness (QED) is 0.762. The second-order valence-corrected chi connectivity index (χ2v) is 4.58. The number of hydrogen-bond acceptors (Lipinski definition) is 3. The van der Waals surface area contributed by atoms with E-state index in [-0.39, 0.29) is 17.7 Å². The molecule has 0 spiro atoms. The number of rotatable bonds is 4. The third kappa shape index (κ3) is 3.11. The van der Waals surface area contributed by atoms with Gasteiger partial charge in [0.05, 0.1) is 0 Å². The summed E-state index contributed by atoms with van der Waals surface area (Å²) in [4.78, 5) is 11.0. The Morgan fingerprint density at radius 1 is 1.53 bits per heavy atom. The highest BCUT2D eigenvalue weighted by molar-refractivity contribution is 6.31. The van der Waals surface area contributed by atoms with Crippen LogP contribution in [0.3, 0.4) is 0 Å². The van der Waals surface area contributed by atoms with Crippen molar-refractivity contribution in [1.82, 2.24) is 10.6 Å². The standard InChI is InChI=1S/C12H15ClN2O2/c13-10-2-1-3-11(16)9(10)7-14-6-8-4-5-12(17)15-8/h1-3,8,14,16H,4-7H2,(H,15,17). The summed E-state index contributed by atoms with van der Waals surface area (Å²) < 4.78 is 0. The fourth-order valence-electron chi connectivity index (χ4n) is 1.92. The SMILES string of the molecule is O=C1CCC(CNCc2c(O)cccc2Cl)N1. The topological polar surface area (TPSA) is 61.4 Å². The Kier molecular flexibility index (Phi) is 3.86. The Bertz CT molecular complexity index is 403. The molecule has 1 unspecified atom stereocenters. The number of halogens is 1. The van der Waals surface area contributed by atoms with Crippen LogP contribution in [0.4, 0.5) is 0 Å². The minimum atomic E-state index is 0.109. The van der Waals surface area contributed by atoms with Crippen LogP contribution >= 0.6 is 11.6 Å². The molecule has 1 aromatic carbocycles. The van der Waals surface area contributed by atoms with E-state index in [1.807, 2.05) is 0 Å². The molecule has 1 aliphatic rings. The Morgan fingerprint density at radius 2 is 2.35 bits per heavy atom. The lowest BCUT2D eigenvalue weighted by Gasteiger charge is -2.12. The first-order valence-corrected chi connectivity index (χ1v) is 6.01. The number of carbonyl (C=O) groups excluding carboxylic acids is 1. The van der Waals surface area contributed by atoms with Crippen LogP contribution in [0.2, 0.25) is 5.02 Å². The van der Waals surface area contributed by atoms with Gasteiger partial charge in [0.15, 0.2) is 0 Å². The average molecular weight is 255 g/mol. The first-order chi connectivity index (χ1) is 8.16. The Morgan fingerprint density at radius 3 is 3.00 bits per heavy atom. The van der Waals surface area contributed by atoms with Crippen LogP contribution in [0, 0.1) is 0 Å². The molecule has 0 saturated carbocycles. The fourth-order valence-corrected chi connectivity index (χ4v) is 2.16. The predicted octanol–water partition coefficient (Wildman–Crippen LogP) is 1.41. The first kappa shape index (κ1) is 12.2. The third-order valence-corrected chi connectivity index (χ3v) is 3.23. The maximum atomic E-state index is 11.0. The average Bonchev–Trinajstić information content (AvgIpc) is 2.69. The fraction of sp³-hybridized carbons (Fsp3) is 0.417. The van der Waals surface area contributed by atoms with Crippen LogP contribution in [0.1, 0.15) is 18.4 Å². The van der Waals surface area contributed by atoms with Crippen molar-refractivity contribution >= 4 is 17.5 Å². The van der Waals surface area contributed by atoms with Gasteiger partial charge >= 0.3 is 0 Å². The minimum absolute atomic E-state index is 0.109. The lowest BCUT2D eigenvalue weighted by molar-refractivity contribution is -0.119. The number of amides is 1. The molecule has 92 valence electrons. The molecule has 17 heavy (non-hydrogen) atoms. The van der Waals surface area contributed by atoms with E-state index >= 15 is 0 Å². The molecule has 1 heterocycles. The number of phenols is 1. The van der Waals surface area contributed by atoms with Crippen molar-refractivity contribution < 1.29 is 9.90 Å². The maximum Gasteiger partial charge on any atom is 0.220 e. The molecule has 1 aliphatic heterocycles. The van der Waals surface area contributed by atoms with Crippen LogP contribution in [0.5, 0.6) is 5.75 Å². The zero-order valence-corrected chi connectivity index (χ0v) is 10.1. The molecular formula is C12H15ClN2O2. The van der Waals surface area contributed by atoms with E-state index in [1.54, 1.807) is 18.2 Å². The molecule has 4 nitrogen and oxygen atoms in total. The molecule has 3 N–H and O–H groups in total. The normalized spacial score (nSPS) is 19.4. The van der Waals surface area contributed by atoms with Gasteiger partial charge in [-0.05, 0) is 18.6 Å². The van der Waals surface area contributed by atoms with E-state index in [9.17, 15) is 9.90 Å².